The van der Waals surface area contributed by atoms with Crippen LogP contribution in [0.4, 0.5) is 0 Å². The molecule has 4 fully saturated rings. The molecule has 0 radical (unpaired) electrons. The number of hydrogen-bond acceptors (Lipinski definition) is 4. The molecule has 2 unspecified atom stereocenters. The molecule has 7 heteroatoms. The zero-order valence-electron chi connectivity index (χ0n) is 17.4. The minimum Gasteiger partial charge on any atom is -0.370 e. The standard InChI is InChI=1S/C21H33N5O.HI/c1-16-4-5-19(17(2)12-16)20-15-26(10-11-27-20)21(22-3)23-13-18-14-24-6-8-25(18)9-7-24;/h4-5,12,18,20H,6-11,13-15H2,1-3H3,(H,22,23);1H. The van der Waals surface area contributed by atoms with Crippen LogP contribution in [-0.4, -0.2) is 92.7 Å². The van der Waals surface area contributed by atoms with Gasteiger partial charge in [0.1, 0.15) is 6.10 Å². The molecular formula is C21H34IN5O. The number of aliphatic imine (C=N–C) groups is 1. The smallest absolute Gasteiger partial charge is 0.193 e. The first-order valence-corrected chi connectivity index (χ1v) is 10.2. The number of fused-ring (bicyclic) bond motifs is 3. The fourth-order valence-electron chi connectivity index (χ4n) is 4.68. The van der Waals surface area contributed by atoms with E-state index in [4.69, 9.17) is 4.74 Å². The molecule has 0 amide bonds. The third-order valence-electron chi connectivity index (χ3n) is 6.24. The molecule has 156 valence electrons. The van der Waals surface area contributed by atoms with E-state index in [2.05, 4.69) is 57.1 Å². The average molecular weight is 499 g/mol. The van der Waals surface area contributed by atoms with Crippen molar-refractivity contribution in [3.63, 3.8) is 0 Å². The van der Waals surface area contributed by atoms with Crippen LogP contribution in [0.2, 0.25) is 0 Å². The molecule has 2 atom stereocenters. The lowest BCUT2D eigenvalue weighted by Crippen LogP contribution is -2.64. The number of hydrogen-bond donors (Lipinski definition) is 1. The summed E-state index contributed by atoms with van der Waals surface area (Å²) in [7, 11) is 1.89. The van der Waals surface area contributed by atoms with Gasteiger partial charge < -0.3 is 15.0 Å². The highest BCUT2D eigenvalue weighted by atomic mass is 127. The van der Waals surface area contributed by atoms with Crippen molar-refractivity contribution in [1.82, 2.24) is 20.0 Å². The lowest BCUT2D eigenvalue weighted by atomic mass is 10.00. The van der Waals surface area contributed by atoms with Gasteiger partial charge in [0.15, 0.2) is 5.96 Å². The number of morpholine rings is 1. The van der Waals surface area contributed by atoms with E-state index in [1.165, 1.54) is 49.4 Å². The predicted octanol–water partition coefficient (Wildman–Crippen LogP) is 1.87. The van der Waals surface area contributed by atoms with Crippen molar-refractivity contribution >= 4 is 29.9 Å². The molecule has 0 aromatic heterocycles. The zero-order chi connectivity index (χ0) is 18.8. The van der Waals surface area contributed by atoms with Gasteiger partial charge >= 0.3 is 0 Å². The zero-order valence-corrected chi connectivity index (χ0v) is 19.7. The van der Waals surface area contributed by atoms with E-state index in [1.54, 1.807) is 0 Å². The van der Waals surface area contributed by atoms with Crippen LogP contribution in [0.3, 0.4) is 0 Å². The first kappa shape index (κ1) is 21.8. The van der Waals surface area contributed by atoms with Gasteiger partial charge in [-0.15, -0.1) is 24.0 Å². The molecule has 1 aromatic rings. The Morgan fingerprint density at radius 3 is 2.57 bits per heavy atom. The van der Waals surface area contributed by atoms with Gasteiger partial charge in [0.25, 0.3) is 0 Å². The highest BCUT2D eigenvalue weighted by molar-refractivity contribution is 14.0. The van der Waals surface area contributed by atoms with Crippen LogP contribution >= 0.6 is 24.0 Å². The van der Waals surface area contributed by atoms with Gasteiger partial charge in [-0.05, 0) is 25.0 Å². The Morgan fingerprint density at radius 2 is 1.93 bits per heavy atom. The van der Waals surface area contributed by atoms with Gasteiger partial charge in [0, 0.05) is 58.9 Å². The maximum absolute atomic E-state index is 6.10. The Bertz CT molecular complexity index is 689. The van der Waals surface area contributed by atoms with E-state index in [9.17, 15) is 0 Å². The van der Waals surface area contributed by atoms with E-state index in [0.717, 1.165) is 32.2 Å². The number of nitrogens with zero attached hydrogens (tertiary/aromatic N) is 4. The molecule has 0 aliphatic carbocycles. The molecule has 4 heterocycles. The molecule has 1 N–H and O–H groups in total. The van der Waals surface area contributed by atoms with E-state index in [0.29, 0.717) is 6.04 Å². The van der Waals surface area contributed by atoms with Gasteiger partial charge in [0.05, 0.1) is 13.2 Å². The lowest BCUT2D eigenvalue weighted by molar-refractivity contribution is -0.00928. The van der Waals surface area contributed by atoms with Crippen LogP contribution < -0.4 is 5.32 Å². The molecule has 4 saturated heterocycles. The van der Waals surface area contributed by atoms with Crippen LogP contribution in [0.15, 0.2) is 23.2 Å². The van der Waals surface area contributed by atoms with Crippen LogP contribution in [0.1, 0.15) is 22.8 Å². The first-order valence-electron chi connectivity index (χ1n) is 10.2. The number of nitrogens with one attached hydrogen (secondary N) is 1. The molecule has 2 bridgehead atoms. The number of benzene rings is 1. The summed E-state index contributed by atoms with van der Waals surface area (Å²) in [5, 5.41) is 3.64. The van der Waals surface area contributed by atoms with E-state index in [1.807, 2.05) is 7.05 Å². The fraction of sp³-hybridized carbons (Fsp3) is 0.667. The SMILES string of the molecule is CN=C(NCC1CN2CCN1CC2)N1CCOC(c2ccc(C)cc2C)C1.I. The molecule has 0 spiro atoms. The van der Waals surface area contributed by atoms with Crippen molar-refractivity contribution in [3.05, 3.63) is 34.9 Å². The van der Waals surface area contributed by atoms with Crippen LogP contribution in [0.25, 0.3) is 0 Å². The predicted molar refractivity (Wildman–Crippen MR) is 125 cm³/mol. The minimum absolute atomic E-state index is 0. The van der Waals surface area contributed by atoms with Gasteiger partial charge in [-0.3, -0.25) is 14.8 Å². The van der Waals surface area contributed by atoms with Crippen LogP contribution in [-0.2, 0) is 4.74 Å². The molecule has 6 nitrogen and oxygen atoms in total. The summed E-state index contributed by atoms with van der Waals surface area (Å²) in [6.07, 6.45) is 0.110. The van der Waals surface area contributed by atoms with Crippen molar-refractivity contribution in [1.29, 1.82) is 0 Å². The monoisotopic (exact) mass is 499 g/mol. The summed E-state index contributed by atoms with van der Waals surface area (Å²) in [6.45, 7) is 13.8. The van der Waals surface area contributed by atoms with E-state index in [-0.39, 0.29) is 30.1 Å². The second-order valence-electron chi connectivity index (χ2n) is 8.08. The number of aryl methyl sites for hydroxylation is 2. The molecule has 0 saturated carbocycles. The quantitative estimate of drug-likeness (QED) is 0.391. The van der Waals surface area contributed by atoms with E-state index < -0.39 is 0 Å². The Balaban J connectivity index is 0.00000225. The van der Waals surface area contributed by atoms with Crippen LogP contribution in [0, 0.1) is 13.8 Å². The van der Waals surface area contributed by atoms with Crippen molar-refractivity contribution in [2.75, 3.05) is 66.0 Å². The highest BCUT2D eigenvalue weighted by Crippen LogP contribution is 2.26. The molecule has 5 rings (SSSR count). The topological polar surface area (TPSA) is 43.3 Å². The largest absolute Gasteiger partial charge is 0.370 e. The number of ether oxygens (including phenoxy) is 1. The molecule has 1 aromatic carbocycles. The van der Waals surface area contributed by atoms with Crippen molar-refractivity contribution in [2.45, 2.75) is 26.0 Å². The third-order valence-corrected chi connectivity index (χ3v) is 6.24. The molecule has 28 heavy (non-hydrogen) atoms. The van der Waals surface area contributed by atoms with E-state index >= 15 is 0 Å². The molecule has 4 aliphatic heterocycles. The van der Waals surface area contributed by atoms with Gasteiger partial charge in [-0.1, -0.05) is 23.8 Å². The normalized spacial score (nSPS) is 30.1. The Kier molecular flexibility index (Phi) is 7.58. The first-order chi connectivity index (χ1) is 13.1. The highest BCUT2D eigenvalue weighted by Gasteiger charge is 2.32. The molecular weight excluding hydrogens is 465 g/mol. The average Bonchev–Trinajstić information content (AvgIpc) is 2.70. The van der Waals surface area contributed by atoms with Crippen molar-refractivity contribution in [3.8, 4) is 0 Å². The summed E-state index contributed by atoms with van der Waals surface area (Å²) < 4.78 is 6.10. The second-order valence-corrected chi connectivity index (χ2v) is 8.08. The number of guanidine groups is 1. The maximum atomic E-state index is 6.10. The van der Waals surface area contributed by atoms with Crippen LogP contribution in [0.5, 0.6) is 0 Å². The Hall–Kier alpha value is -0.900. The van der Waals surface area contributed by atoms with Crippen molar-refractivity contribution in [2.24, 2.45) is 4.99 Å². The second kappa shape index (κ2) is 9.73. The maximum Gasteiger partial charge on any atom is 0.193 e. The number of piperazine rings is 3. The summed E-state index contributed by atoms with van der Waals surface area (Å²) >= 11 is 0. The number of halogens is 1. The van der Waals surface area contributed by atoms with Gasteiger partial charge in [-0.25, -0.2) is 0 Å². The summed E-state index contributed by atoms with van der Waals surface area (Å²) in [5.41, 5.74) is 3.91. The minimum atomic E-state index is 0. The fourth-order valence-corrected chi connectivity index (χ4v) is 4.68. The Labute approximate surface area is 186 Å². The summed E-state index contributed by atoms with van der Waals surface area (Å²) in [4.78, 5) is 12.1. The van der Waals surface area contributed by atoms with Crippen molar-refractivity contribution < 1.29 is 4.74 Å². The number of rotatable bonds is 3. The van der Waals surface area contributed by atoms with Gasteiger partial charge in [-0.2, -0.15) is 0 Å². The van der Waals surface area contributed by atoms with Gasteiger partial charge in [0.2, 0.25) is 0 Å². The third kappa shape index (κ3) is 4.80. The Morgan fingerprint density at radius 1 is 1.14 bits per heavy atom. The summed E-state index contributed by atoms with van der Waals surface area (Å²) in [5.74, 6) is 1.01. The lowest BCUT2D eigenvalue weighted by Gasteiger charge is -2.47. The summed E-state index contributed by atoms with van der Waals surface area (Å²) in [6, 6.07) is 7.24. The molecule has 4 aliphatic rings.